The standard InChI is InChI=1S/C18H12F4N4O3/c1-17(28,9-29-12-3-2-10(6-23)14(19)5-12)16(27)26-11-4-13(18(20,21)22)15(7-24)25-8-11/h2-5,8,28H,9H2,1H3,(H,26,27)/t17-/m0/s1. The number of aromatic nitrogens is 1. The number of anilines is 1. The van der Waals surface area contributed by atoms with Crippen molar-refractivity contribution in [2.75, 3.05) is 11.9 Å². The Morgan fingerprint density at radius 2 is 1.97 bits per heavy atom. The van der Waals surface area contributed by atoms with Crippen LogP contribution in [0, 0.1) is 28.5 Å². The van der Waals surface area contributed by atoms with Crippen molar-refractivity contribution in [3.63, 3.8) is 0 Å². The van der Waals surface area contributed by atoms with Gasteiger partial charge in [-0.2, -0.15) is 23.7 Å². The molecule has 0 radical (unpaired) electrons. The molecular formula is C18H12F4N4O3. The van der Waals surface area contributed by atoms with Crippen LogP contribution in [-0.4, -0.2) is 28.2 Å². The van der Waals surface area contributed by atoms with E-state index in [1.165, 1.54) is 12.1 Å². The van der Waals surface area contributed by atoms with Gasteiger partial charge < -0.3 is 15.2 Å². The van der Waals surface area contributed by atoms with Crippen LogP contribution in [0.25, 0.3) is 0 Å². The van der Waals surface area contributed by atoms with Crippen LogP contribution in [0.2, 0.25) is 0 Å². The van der Waals surface area contributed by atoms with Crippen molar-refractivity contribution in [2.45, 2.75) is 18.7 Å². The first-order chi connectivity index (χ1) is 13.5. The summed E-state index contributed by atoms with van der Waals surface area (Å²) in [5.74, 6) is -2.06. The van der Waals surface area contributed by atoms with Crippen molar-refractivity contribution >= 4 is 11.6 Å². The molecule has 0 aliphatic heterocycles. The second-order valence-electron chi connectivity index (χ2n) is 6.00. The summed E-state index contributed by atoms with van der Waals surface area (Å²) in [5, 5.41) is 29.7. The number of rotatable bonds is 5. The van der Waals surface area contributed by atoms with Crippen LogP contribution in [0.3, 0.4) is 0 Å². The van der Waals surface area contributed by atoms with Gasteiger partial charge in [-0.3, -0.25) is 4.79 Å². The predicted molar refractivity (Wildman–Crippen MR) is 89.8 cm³/mol. The lowest BCUT2D eigenvalue weighted by atomic mass is 10.1. The molecule has 0 aliphatic rings. The molecule has 0 spiro atoms. The SMILES string of the molecule is C[C@](O)(COc1ccc(C#N)c(F)c1)C(=O)Nc1cnc(C#N)c(C(F)(F)F)c1. The number of pyridine rings is 1. The van der Waals surface area contributed by atoms with Crippen molar-refractivity contribution in [3.8, 4) is 17.9 Å². The largest absolute Gasteiger partial charge is 0.490 e. The molecule has 7 nitrogen and oxygen atoms in total. The number of ether oxygens (including phenoxy) is 1. The Bertz CT molecular complexity index is 1020. The second kappa shape index (κ2) is 8.12. The number of hydrogen-bond donors (Lipinski definition) is 2. The third-order valence-corrected chi connectivity index (χ3v) is 3.63. The van der Waals surface area contributed by atoms with Gasteiger partial charge in [0.2, 0.25) is 0 Å². The van der Waals surface area contributed by atoms with E-state index in [1.807, 2.05) is 0 Å². The zero-order valence-electron chi connectivity index (χ0n) is 14.7. The maximum atomic E-state index is 13.5. The smallest absolute Gasteiger partial charge is 0.419 e. The fourth-order valence-electron chi connectivity index (χ4n) is 2.07. The number of nitriles is 2. The normalized spacial score (nSPS) is 13.0. The van der Waals surface area contributed by atoms with Crippen molar-refractivity contribution in [2.24, 2.45) is 0 Å². The van der Waals surface area contributed by atoms with Gasteiger partial charge >= 0.3 is 6.18 Å². The molecule has 1 heterocycles. The fourth-order valence-corrected chi connectivity index (χ4v) is 2.07. The first-order valence-corrected chi connectivity index (χ1v) is 7.81. The Balaban J connectivity index is 2.12. The summed E-state index contributed by atoms with van der Waals surface area (Å²) in [6.07, 6.45) is -4.04. The minimum absolute atomic E-state index is 0.0750. The van der Waals surface area contributed by atoms with Crippen LogP contribution in [0.4, 0.5) is 23.2 Å². The minimum atomic E-state index is -4.87. The number of hydrogen-bond acceptors (Lipinski definition) is 6. The van der Waals surface area contributed by atoms with Crippen LogP contribution < -0.4 is 10.1 Å². The van der Waals surface area contributed by atoms with Crippen molar-refractivity contribution in [1.29, 1.82) is 10.5 Å². The van der Waals surface area contributed by atoms with Gasteiger partial charge in [-0.15, -0.1) is 0 Å². The highest BCUT2D eigenvalue weighted by molar-refractivity contribution is 5.97. The number of nitrogens with zero attached hydrogens (tertiary/aromatic N) is 3. The maximum Gasteiger partial charge on any atom is 0.419 e. The minimum Gasteiger partial charge on any atom is -0.490 e. The van der Waals surface area contributed by atoms with Crippen molar-refractivity contribution in [1.82, 2.24) is 4.98 Å². The average Bonchev–Trinajstić information content (AvgIpc) is 2.65. The summed E-state index contributed by atoms with van der Waals surface area (Å²) in [6.45, 7) is 0.365. The van der Waals surface area contributed by atoms with E-state index < -0.39 is 47.1 Å². The van der Waals surface area contributed by atoms with Gasteiger partial charge in [0.25, 0.3) is 5.91 Å². The predicted octanol–water partition coefficient (Wildman–Crippen LogP) is 2.75. The molecule has 1 aromatic carbocycles. The number of carbonyl (C=O) groups excluding carboxylic acids is 1. The molecule has 1 amide bonds. The Kier molecular flexibility index (Phi) is 6.05. The van der Waals surface area contributed by atoms with Crippen molar-refractivity contribution in [3.05, 3.63) is 53.1 Å². The topological polar surface area (TPSA) is 119 Å². The lowest BCUT2D eigenvalue weighted by Crippen LogP contribution is -2.45. The van der Waals surface area contributed by atoms with Crippen LogP contribution in [-0.2, 0) is 11.0 Å². The average molecular weight is 408 g/mol. The van der Waals surface area contributed by atoms with Crippen LogP contribution >= 0.6 is 0 Å². The summed E-state index contributed by atoms with van der Waals surface area (Å²) >= 11 is 0. The summed E-state index contributed by atoms with van der Waals surface area (Å²) < 4.78 is 57.5. The van der Waals surface area contributed by atoms with Gasteiger partial charge in [-0.25, -0.2) is 9.37 Å². The molecule has 0 fully saturated rings. The highest BCUT2D eigenvalue weighted by Crippen LogP contribution is 2.32. The van der Waals surface area contributed by atoms with Gasteiger partial charge in [0.1, 0.15) is 30.3 Å². The van der Waals surface area contributed by atoms with E-state index in [1.54, 1.807) is 6.07 Å². The van der Waals surface area contributed by atoms with Gasteiger partial charge in [0.15, 0.2) is 11.3 Å². The van der Waals surface area contributed by atoms with E-state index in [2.05, 4.69) is 10.3 Å². The number of amides is 1. The Labute approximate surface area is 161 Å². The summed E-state index contributed by atoms with van der Waals surface area (Å²) in [4.78, 5) is 15.5. The number of halogens is 4. The molecule has 0 bridgehead atoms. The maximum absolute atomic E-state index is 13.5. The Hall–Kier alpha value is -3.70. The summed E-state index contributed by atoms with van der Waals surface area (Å²) in [5.41, 5.74) is -5.05. The third-order valence-electron chi connectivity index (χ3n) is 3.63. The molecule has 0 saturated carbocycles. The molecule has 11 heteroatoms. The molecule has 29 heavy (non-hydrogen) atoms. The molecule has 2 rings (SSSR count). The van der Waals surface area contributed by atoms with E-state index in [-0.39, 0.29) is 11.3 Å². The van der Waals surface area contributed by atoms with Gasteiger partial charge in [-0.05, 0) is 25.1 Å². The van der Waals surface area contributed by atoms with E-state index in [4.69, 9.17) is 15.3 Å². The Morgan fingerprint density at radius 1 is 1.28 bits per heavy atom. The molecule has 150 valence electrons. The first-order valence-electron chi connectivity index (χ1n) is 7.81. The van der Waals surface area contributed by atoms with Crippen LogP contribution in [0.15, 0.2) is 30.5 Å². The highest BCUT2D eigenvalue weighted by Gasteiger charge is 2.36. The molecule has 2 N–H and O–H groups in total. The zero-order valence-corrected chi connectivity index (χ0v) is 14.7. The first kappa shape index (κ1) is 21.6. The van der Waals surface area contributed by atoms with Gasteiger partial charge in [0, 0.05) is 6.07 Å². The molecule has 1 aromatic heterocycles. The summed E-state index contributed by atoms with van der Waals surface area (Å²) in [6, 6.07) is 6.69. The molecule has 2 aromatic rings. The van der Waals surface area contributed by atoms with Crippen LogP contribution in [0.1, 0.15) is 23.7 Å². The van der Waals surface area contributed by atoms with E-state index in [0.29, 0.717) is 6.07 Å². The molecule has 0 unspecified atom stereocenters. The zero-order chi connectivity index (χ0) is 21.8. The van der Waals surface area contributed by atoms with Gasteiger partial charge in [0.05, 0.1) is 23.0 Å². The van der Waals surface area contributed by atoms with Crippen LogP contribution in [0.5, 0.6) is 5.75 Å². The van der Waals surface area contributed by atoms with E-state index >= 15 is 0 Å². The lowest BCUT2D eigenvalue weighted by Gasteiger charge is -2.23. The number of aliphatic hydroxyl groups is 1. The molecular weight excluding hydrogens is 396 g/mol. The lowest BCUT2D eigenvalue weighted by molar-refractivity contribution is -0.138. The highest BCUT2D eigenvalue weighted by atomic mass is 19.4. The van der Waals surface area contributed by atoms with E-state index in [0.717, 1.165) is 25.3 Å². The monoisotopic (exact) mass is 408 g/mol. The second-order valence-corrected chi connectivity index (χ2v) is 6.00. The number of alkyl halides is 3. The number of carbonyl (C=O) groups is 1. The number of benzene rings is 1. The molecule has 0 saturated heterocycles. The number of nitrogens with one attached hydrogen (secondary N) is 1. The summed E-state index contributed by atoms with van der Waals surface area (Å²) in [7, 11) is 0. The Morgan fingerprint density at radius 3 is 2.52 bits per heavy atom. The van der Waals surface area contributed by atoms with E-state index in [9.17, 15) is 27.5 Å². The van der Waals surface area contributed by atoms with Gasteiger partial charge in [-0.1, -0.05) is 0 Å². The fraction of sp³-hybridized carbons (Fsp3) is 0.222. The molecule has 0 aliphatic carbocycles. The molecule has 1 atom stereocenters. The third kappa shape index (κ3) is 5.18. The van der Waals surface area contributed by atoms with Crippen molar-refractivity contribution < 1.29 is 32.2 Å². The quantitative estimate of drug-likeness (QED) is 0.735.